The fourth-order valence-electron chi connectivity index (χ4n) is 1.84. The van der Waals surface area contributed by atoms with Crippen molar-refractivity contribution < 1.29 is 48.6 Å². The second kappa shape index (κ2) is 7.71. The highest BCUT2D eigenvalue weighted by atomic mass is 32.3. The molecular formula is C14H10O11S2. The van der Waals surface area contributed by atoms with E-state index in [4.69, 9.17) is 9.11 Å². The number of para-hydroxylation sites is 2. The van der Waals surface area contributed by atoms with E-state index in [0.29, 0.717) is 0 Å². The molecule has 0 heterocycles. The van der Waals surface area contributed by atoms with Crippen LogP contribution < -0.4 is 8.37 Å². The number of carbonyl (C=O) groups excluding carboxylic acids is 2. The normalized spacial score (nSPS) is 11.5. The van der Waals surface area contributed by atoms with Crippen molar-refractivity contribution in [2.75, 3.05) is 0 Å². The Morgan fingerprint density at radius 3 is 1.33 bits per heavy atom. The van der Waals surface area contributed by atoms with Crippen molar-refractivity contribution in [3.63, 3.8) is 0 Å². The predicted octanol–water partition coefficient (Wildman–Crippen LogP) is 1.05. The minimum Gasteiger partial charge on any atom is -0.385 e. The van der Waals surface area contributed by atoms with E-state index >= 15 is 0 Å². The summed E-state index contributed by atoms with van der Waals surface area (Å²) < 4.78 is 73.6. The molecule has 0 saturated heterocycles. The highest BCUT2D eigenvalue weighted by Gasteiger charge is 2.24. The smallest absolute Gasteiger partial charge is 0.385 e. The minimum absolute atomic E-state index is 0.517. The fraction of sp³-hybridized carbons (Fsp3) is 0. The topological polar surface area (TPSA) is 171 Å². The maximum absolute atomic E-state index is 12.1. The van der Waals surface area contributed by atoms with Gasteiger partial charge in [-0.25, -0.2) is 9.59 Å². The number of esters is 2. The zero-order valence-corrected chi connectivity index (χ0v) is 14.6. The SMILES string of the molecule is O=C(OC(=O)c1ccccc1OS(=O)(=O)O)c1ccccc1OS(=O)(=O)O. The first-order valence-corrected chi connectivity index (χ1v) is 9.47. The van der Waals surface area contributed by atoms with Gasteiger partial charge in [-0.05, 0) is 24.3 Å². The van der Waals surface area contributed by atoms with Gasteiger partial charge in [0.2, 0.25) is 0 Å². The lowest BCUT2D eigenvalue weighted by molar-refractivity contribution is 0.0396. The van der Waals surface area contributed by atoms with Gasteiger partial charge < -0.3 is 13.1 Å². The van der Waals surface area contributed by atoms with Crippen LogP contribution >= 0.6 is 0 Å². The molecular weight excluding hydrogens is 408 g/mol. The van der Waals surface area contributed by atoms with Gasteiger partial charge in [0.05, 0.1) is 0 Å². The van der Waals surface area contributed by atoms with Crippen molar-refractivity contribution in [3.8, 4) is 11.5 Å². The van der Waals surface area contributed by atoms with E-state index in [2.05, 4.69) is 13.1 Å². The third-order valence-electron chi connectivity index (χ3n) is 2.79. The van der Waals surface area contributed by atoms with E-state index in [1.54, 1.807) is 0 Å². The summed E-state index contributed by atoms with van der Waals surface area (Å²) in [4.78, 5) is 24.2. The van der Waals surface area contributed by atoms with Crippen LogP contribution in [-0.2, 0) is 25.5 Å². The molecule has 144 valence electrons. The van der Waals surface area contributed by atoms with Gasteiger partial charge in [-0.2, -0.15) is 16.8 Å². The molecule has 0 bridgehead atoms. The first-order chi connectivity index (χ1) is 12.5. The lowest BCUT2D eigenvalue weighted by Crippen LogP contribution is -2.17. The summed E-state index contributed by atoms with van der Waals surface area (Å²) in [6.07, 6.45) is 0. The molecule has 0 spiro atoms. The highest BCUT2D eigenvalue weighted by molar-refractivity contribution is 7.81. The van der Waals surface area contributed by atoms with E-state index in [9.17, 15) is 26.4 Å². The molecule has 2 rings (SSSR count). The molecule has 0 amide bonds. The number of hydrogen-bond acceptors (Lipinski definition) is 9. The van der Waals surface area contributed by atoms with Crippen LogP contribution in [0.3, 0.4) is 0 Å². The molecule has 0 aliphatic carbocycles. The van der Waals surface area contributed by atoms with E-state index in [-0.39, 0.29) is 0 Å². The lowest BCUT2D eigenvalue weighted by atomic mass is 10.2. The summed E-state index contributed by atoms with van der Waals surface area (Å²) >= 11 is 0. The molecule has 0 saturated carbocycles. The summed E-state index contributed by atoms with van der Waals surface area (Å²) in [6.45, 7) is 0. The Bertz CT molecular complexity index is 1000. The molecule has 0 atom stereocenters. The Kier molecular flexibility index (Phi) is 5.80. The van der Waals surface area contributed by atoms with Gasteiger partial charge in [-0.3, -0.25) is 9.11 Å². The third-order valence-corrected chi connectivity index (χ3v) is 3.57. The van der Waals surface area contributed by atoms with Gasteiger partial charge in [-0.15, -0.1) is 0 Å². The van der Waals surface area contributed by atoms with Crippen molar-refractivity contribution >= 4 is 32.7 Å². The molecule has 0 radical (unpaired) electrons. The summed E-state index contributed by atoms with van der Waals surface area (Å²) in [5.74, 6) is -3.94. The second-order valence-electron chi connectivity index (χ2n) is 4.69. The largest absolute Gasteiger partial charge is 0.446 e. The van der Waals surface area contributed by atoms with E-state index in [1.165, 1.54) is 24.3 Å². The molecule has 0 unspecified atom stereocenters. The number of rotatable bonds is 6. The minimum atomic E-state index is -4.95. The summed E-state index contributed by atoms with van der Waals surface area (Å²) in [7, 11) is -9.90. The fourth-order valence-corrected chi connectivity index (χ4v) is 2.58. The quantitative estimate of drug-likeness (QED) is 0.390. The first-order valence-electron chi connectivity index (χ1n) is 6.74. The summed E-state index contributed by atoms with van der Waals surface area (Å²) in [6, 6.07) is 9.31. The average Bonchev–Trinajstić information content (AvgIpc) is 2.52. The standard InChI is InChI=1S/C14H10O11S2/c15-13(9-5-1-3-7-11(9)24-26(17,18)19)23-14(16)10-6-2-4-8-12(10)25-27(20,21)22/h1-8H,(H,17,18,19)(H,20,21,22). The predicted molar refractivity (Wildman–Crippen MR) is 87.0 cm³/mol. The van der Waals surface area contributed by atoms with Crippen LogP contribution in [0.1, 0.15) is 20.7 Å². The number of benzene rings is 2. The van der Waals surface area contributed by atoms with Crippen LogP contribution in [0.15, 0.2) is 48.5 Å². The molecule has 27 heavy (non-hydrogen) atoms. The van der Waals surface area contributed by atoms with Crippen LogP contribution in [0.25, 0.3) is 0 Å². The summed E-state index contributed by atoms with van der Waals surface area (Å²) in [5, 5.41) is 0. The van der Waals surface area contributed by atoms with Crippen LogP contribution in [0, 0.1) is 0 Å². The van der Waals surface area contributed by atoms with Crippen molar-refractivity contribution in [2.24, 2.45) is 0 Å². The lowest BCUT2D eigenvalue weighted by Gasteiger charge is -2.09. The van der Waals surface area contributed by atoms with Crippen molar-refractivity contribution in [3.05, 3.63) is 59.7 Å². The van der Waals surface area contributed by atoms with Crippen LogP contribution in [0.4, 0.5) is 0 Å². The molecule has 2 aromatic rings. The van der Waals surface area contributed by atoms with Crippen LogP contribution in [-0.4, -0.2) is 37.9 Å². The van der Waals surface area contributed by atoms with Gasteiger partial charge in [0.1, 0.15) is 11.1 Å². The number of hydrogen-bond donors (Lipinski definition) is 2. The van der Waals surface area contributed by atoms with Gasteiger partial charge in [0.25, 0.3) is 0 Å². The Morgan fingerprint density at radius 1 is 0.667 bits per heavy atom. The maximum Gasteiger partial charge on any atom is 0.446 e. The maximum atomic E-state index is 12.1. The monoisotopic (exact) mass is 418 g/mol. The Morgan fingerprint density at radius 2 is 1.00 bits per heavy atom. The molecule has 0 fully saturated rings. The Labute approximate surface area is 153 Å². The van der Waals surface area contributed by atoms with E-state index in [0.717, 1.165) is 24.3 Å². The number of ether oxygens (including phenoxy) is 1. The van der Waals surface area contributed by atoms with Gasteiger partial charge in [0.15, 0.2) is 11.5 Å². The Hall–Kier alpha value is -3.00. The zero-order chi connectivity index (χ0) is 20.2. The molecule has 2 aromatic carbocycles. The van der Waals surface area contributed by atoms with Crippen molar-refractivity contribution in [2.45, 2.75) is 0 Å². The molecule has 2 N–H and O–H groups in total. The average molecular weight is 418 g/mol. The molecule has 0 aliphatic heterocycles. The van der Waals surface area contributed by atoms with Gasteiger partial charge in [0, 0.05) is 0 Å². The van der Waals surface area contributed by atoms with Crippen molar-refractivity contribution in [1.29, 1.82) is 0 Å². The number of carbonyl (C=O) groups is 2. The van der Waals surface area contributed by atoms with Gasteiger partial charge >= 0.3 is 32.7 Å². The highest BCUT2D eigenvalue weighted by Crippen LogP contribution is 2.23. The van der Waals surface area contributed by atoms with Gasteiger partial charge in [-0.1, -0.05) is 24.3 Å². The summed E-state index contributed by atoms with van der Waals surface area (Å²) in [5.41, 5.74) is -1.03. The molecule has 13 heteroatoms. The second-order valence-corrected chi connectivity index (χ2v) is 6.74. The van der Waals surface area contributed by atoms with E-state index in [1.807, 2.05) is 0 Å². The first kappa shape index (κ1) is 20.3. The van der Waals surface area contributed by atoms with Crippen LogP contribution in [0.5, 0.6) is 11.5 Å². The zero-order valence-electron chi connectivity index (χ0n) is 13.0. The van der Waals surface area contributed by atoms with Crippen molar-refractivity contribution in [1.82, 2.24) is 0 Å². The molecule has 0 aliphatic rings. The molecule has 0 aromatic heterocycles. The van der Waals surface area contributed by atoms with E-state index < -0.39 is 55.4 Å². The Balaban J connectivity index is 2.29. The third kappa shape index (κ3) is 6.03. The van der Waals surface area contributed by atoms with Crippen LogP contribution in [0.2, 0.25) is 0 Å². The molecule has 11 nitrogen and oxygen atoms in total.